The van der Waals surface area contributed by atoms with Crippen molar-refractivity contribution >= 4 is 34.2 Å². The Morgan fingerprint density at radius 1 is 1.42 bits per heavy atom. The van der Waals surface area contributed by atoms with E-state index in [1.165, 1.54) is 0 Å². The van der Waals surface area contributed by atoms with Crippen molar-refractivity contribution in [2.24, 2.45) is 0 Å². The van der Waals surface area contributed by atoms with Gasteiger partial charge in [-0.3, -0.25) is 4.79 Å². The van der Waals surface area contributed by atoms with Crippen molar-refractivity contribution in [3.63, 3.8) is 0 Å². The van der Waals surface area contributed by atoms with Gasteiger partial charge < -0.3 is 14.4 Å². The van der Waals surface area contributed by atoms with Gasteiger partial charge in [0.25, 0.3) is 5.91 Å². The minimum absolute atomic E-state index is 0.0117. The lowest BCUT2D eigenvalue weighted by Crippen LogP contribution is -2.43. The highest BCUT2D eigenvalue weighted by Crippen LogP contribution is 2.34. The van der Waals surface area contributed by atoms with E-state index in [0.29, 0.717) is 12.6 Å². The first-order chi connectivity index (χ1) is 9.13. The van der Waals surface area contributed by atoms with Crippen LogP contribution in [0.4, 0.5) is 5.69 Å². The third-order valence-electron chi connectivity index (χ3n) is 3.57. The molecule has 1 aromatic rings. The van der Waals surface area contributed by atoms with Gasteiger partial charge in [-0.15, -0.1) is 0 Å². The second-order valence-electron chi connectivity index (χ2n) is 5.05. The Kier molecular flexibility index (Phi) is 3.66. The van der Waals surface area contributed by atoms with Crippen LogP contribution in [-0.4, -0.2) is 31.3 Å². The zero-order chi connectivity index (χ0) is 13.4. The van der Waals surface area contributed by atoms with Gasteiger partial charge in [-0.05, 0) is 60.6 Å². The van der Waals surface area contributed by atoms with Crippen LogP contribution in [0.3, 0.4) is 0 Å². The molecule has 19 heavy (non-hydrogen) atoms. The Morgan fingerprint density at radius 2 is 2.26 bits per heavy atom. The van der Waals surface area contributed by atoms with Crippen LogP contribution in [0.15, 0.2) is 18.2 Å². The summed E-state index contributed by atoms with van der Waals surface area (Å²) in [5.74, 6) is 0.795. The average molecular weight is 373 g/mol. The Balaban J connectivity index is 1.84. The normalized spacial score (nSPS) is 26.2. The van der Waals surface area contributed by atoms with Crippen LogP contribution in [0.5, 0.6) is 5.75 Å². The number of nitrogens with zero attached hydrogens (tertiary/aromatic N) is 1. The van der Waals surface area contributed by atoms with Crippen LogP contribution in [-0.2, 0) is 9.53 Å². The Hall–Kier alpha value is -0.820. The molecule has 0 aromatic heterocycles. The molecule has 2 heterocycles. The summed E-state index contributed by atoms with van der Waals surface area (Å²) >= 11 is 2.25. The van der Waals surface area contributed by atoms with Crippen LogP contribution < -0.4 is 9.64 Å². The van der Waals surface area contributed by atoms with E-state index in [4.69, 9.17) is 9.47 Å². The highest BCUT2D eigenvalue weighted by molar-refractivity contribution is 14.1. The summed E-state index contributed by atoms with van der Waals surface area (Å²) in [4.78, 5) is 13.9. The largest absolute Gasteiger partial charge is 0.482 e. The summed E-state index contributed by atoms with van der Waals surface area (Å²) in [5, 5.41) is 0. The lowest BCUT2D eigenvalue weighted by Gasteiger charge is -2.31. The monoisotopic (exact) mass is 373 g/mol. The number of halogens is 1. The Morgan fingerprint density at radius 3 is 3.00 bits per heavy atom. The Bertz CT molecular complexity index is 505. The molecule has 0 aliphatic carbocycles. The van der Waals surface area contributed by atoms with E-state index < -0.39 is 0 Å². The fourth-order valence-corrected chi connectivity index (χ4v) is 3.07. The lowest BCUT2D eigenvalue weighted by molar-refractivity contribution is -0.121. The van der Waals surface area contributed by atoms with Crippen LogP contribution in [0.1, 0.15) is 19.8 Å². The number of fused-ring (bicyclic) bond motifs is 1. The summed E-state index contributed by atoms with van der Waals surface area (Å²) < 4.78 is 12.4. The van der Waals surface area contributed by atoms with Crippen molar-refractivity contribution in [2.45, 2.75) is 32.0 Å². The van der Waals surface area contributed by atoms with E-state index in [2.05, 4.69) is 29.5 Å². The third kappa shape index (κ3) is 2.72. The molecule has 2 atom stereocenters. The maximum absolute atomic E-state index is 12.1. The average Bonchev–Trinajstić information content (AvgIpc) is 2.79. The number of anilines is 1. The van der Waals surface area contributed by atoms with E-state index >= 15 is 0 Å². The summed E-state index contributed by atoms with van der Waals surface area (Å²) in [6.07, 6.45) is 2.53. The lowest BCUT2D eigenvalue weighted by atomic mass is 10.1. The first-order valence-corrected chi connectivity index (χ1v) is 7.59. The quantitative estimate of drug-likeness (QED) is 0.749. The molecule has 2 unspecified atom stereocenters. The second-order valence-corrected chi connectivity index (χ2v) is 6.30. The minimum Gasteiger partial charge on any atom is -0.482 e. The minimum atomic E-state index is 0.0117. The summed E-state index contributed by atoms with van der Waals surface area (Å²) in [5.41, 5.74) is 0.867. The highest BCUT2D eigenvalue weighted by atomic mass is 127. The standard InChI is InChI=1S/C14H16INO3/c1-9-2-4-11(19-9)7-16-12-6-10(15)3-5-13(12)18-8-14(16)17/h3,5-6,9,11H,2,4,7-8H2,1H3. The molecule has 0 saturated carbocycles. The number of hydrogen-bond donors (Lipinski definition) is 0. The van der Waals surface area contributed by atoms with Gasteiger partial charge >= 0.3 is 0 Å². The van der Waals surface area contributed by atoms with Gasteiger partial charge in [-0.1, -0.05) is 0 Å². The van der Waals surface area contributed by atoms with Crippen molar-refractivity contribution in [3.05, 3.63) is 21.8 Å². The van der Waals surface area contributed by atoms with Gasteiger partial charge in [0.15, 0.2) is 6.61 Å². The topological polar surface area (TPSA) is 38.8 Å². The summed E-state index contributed by atoms with van der Waals surface area (Å²) in [6, 6.07) is 5.90. The van der Waals surface area contributed by atoms with E-state index in [9.17, 15) is 4.79 Å². The maximum atomic E-state index is 12.1. The fraction of sp³-hybridized carbons (Fsp3) is 0.500. The molecule has 1 aromatic carbocycles. The fourth-order valence-electron chi connectivity index (χ4n) is 2.60. The number of ether oxygens (including phenoxy) is 2. The molecule has 0 bridgehead atoms. The number of rotatable bonds is 2. The predicted octanol–water partition coefficient (Wildman–Crippen LogP) is 2.58. The van der Waals surface area contributed by atoms with E-state index in [1.54, 1.807) is 0 Å². The molecule has 5 heteroatoms. The van der Waals surface area contributed by atoms with Crippen molar-refractivity contribution in [1.82, 2.24) is 0 Å². The van der Waals surface area contributed by atoms with Crippen molar-refractivity contribution in [2.75, 3.05) is 18.1 Å². The molecule has 2 aliphatic heterocycles. The molecule has 0 N–H and O–H groups in total. The first kappa shape index (κ1) is 13.2. The van der Waals surface area contributed by atoms with E-state index in [0.717, 1.165) is 27.8 Å². The highest BCUT2D eigenvalue weighted by Gasteiger charge is 2.31. The molecule has 1 fully saturated rings. The number of carbonyl (C=O) groups is 1. The molecule has 3 rings (SSSR count). The molecule has 0 radical (unpaired) electrons. The second kappa shape index (κ2) is 5.28. The predicted molar refractivity (Wildman–Crippen MR) is 80.6 cm³/mol. The Labute approximate surface area is 126 Å². The van der Waals surface area contributed by atoms with Crippen molar-refractivity contribution in [3.8, 4) is 5.75 Å². The van der Waals surface area contributed by atoms with Crippen LogP contribution in [0.25, 0.3) is 0 Å². The zero-order valence-corrected chi connectivity index (χ0v) is 12.9. The number of benzene rings is 1. The van der Waals surface area contributed by atoms with E-state index in [1.807, 2.05) is 23.1 Å². The number of amides is 1. The molecule has 102 valence electrons. The van der Waals surface area contributed by atoms with Gasteiger partial charge in [-0.25, -0.2) is 0 Å². The molecular weight excluding hydrogens is 357 g/mol. The molecular formula is C14H16INO3. The van der Waals surface area contributed by atoms with Gasteiger partial charge in [-0.2, -0.15) is 0 Å². The summed E-state index contributed by atoms with van der Waals surface area (Å²) in [7, 11) is 0. The number of carbonyl (C=O) groups excluding carboxylic acids is 1. The SMILES string of the molecule is CC1CCC(CN2C(=O)COc3ccc(I)cc32)O1. The molecule has 2 aliphatic rings. The van der Waals surface area contributed by atoms with Crippen LogP contribution in [0.2, 0.25) is 0 Å². The molecule has 0 spiro atoms. The first-order valence-electron chi connectivity index (χ1n) is 6.51. The smallest absolute Gasteiger partial charge is 0.265 e. The maximum Gasteiger partial charge on any atom is 0.265 e. The molecule has 1 amide bonds. The van der Waals surface area contributed by atoms with Crippen LogP contribution in [0, 0.1) is 3.57 Å². The van der Waals surface area contributed by atoms with Crippen molar-refractivity contribution < 1.29 is 14.3 Å². The third-order valence-corrected chi connectivity index (χ3v) is 4.24. The van der Waals surface area contributed by atoms with Gasteiger partial charge in [0.2, 0.25) is 0 Å². The van der Waals surface area contributed by atoms with Crippen LogP contribution >= 0.6 is 22.6 Å². The van der Waals surface area contributed by atoms with Crippen molar-refractivity contribution in [1.29, 1.82) is 0 Å². The van der Waals surface area contributed by atoms with Gasteiger partial charge in [0.1, 0.15) is 5.75 Å². The van der Waals surface area contributed by atoms with Gasteiger partial charge in [0, 0.05) is 3.57 Å². The molecule has 1 saturated heterocycles. The summed E-state index contributed by atoms with van der Waals surface area (Å²) in [6.45, 7) is 2.83. The zero-order valence-electron chi connectivity index (χ0n) is 10.8. The van der Waals surface area contributed by atoms with E-state index in [-0.39, 0.29) is 18.6 Å². The van der Waals surface area contributed by atoms with Gasteiger partial charge in [0.05, 0.1) is 24.4 Å². The molecule has 4 nitrogen and oxygen atoms in total. The number of hydrogen-bond acceptors (Lipinski definition) is 3.